The van der Waals surface area contributed by atoms with Gasteiger partial charge in [-0.2, -0.15) is 0 Å². The molecule has 0 saturated carbocycles. The summed E-state index contributed by atoms with van der Waals surface area (Å²) in [5.74, 6) is 0. The Morgan fingerprint density at radius 3 is 2.61 bits per heavy atom. The normalized spacial score (nSPS) is 13.9. The highest BCUT2D eigenvalue weighted by molar-refractivity contribution is 5.74. The minimum absolute atomic E-state index is 0.854. The van der Waals surface area contributed by atoms with Crippen LogP contribution in [0.25, 0.3) is 16.8 Å². The quantitative estimate of drug-likeness (QED) is 0.869. The standard InChI is InChI=1S/C15H13N3/c1-2-14(12-4-8-16-9-5-12)18-15(3-1)13-6-10-17-11-7-13/h1-10,17H,11H2. The van der Waals surface area contributed by atoms with E-state index in [9.17, 15) is 0 Å². The fourth-order valence-electron chi connectivity index (χ4n) is 1.92. The van der Waals surface area contributed by atoms with Crippen molar-refractivity contribution in [2.24, 2.45) is 0 Å². The summed E-state index contributed by atoms with van der Waals surface area (Å²) in [6.07, 6.45) is 9.71. The van der Waals surface area contributed by atoms with Crippen LogP contribution in [0.3, 0.4) is 0 Å². The second-order valence-corrected chi connectivity index (χ2v) is 4.05. The first kappa shape index (κ1) is 10.7. The van der Waals surface area contributed by atoms with Gasteiger partial charge < -0.3 is 5.32 Å². The number of dihydropyridines is 1. The van der Waals surface area contributed by atoms with Crippen LogP contribution in [0.2, 0.25) is 0 Å². The lowest BCUT2D eigenvalue weighted by molar-refractivity contribution is 0.974. The molecule has 1 aliphatic rings. The summed E-state index contributed by atoms with van der Waals surface area (Å²) < 4.78 is 0. The predicted molar refractivity (Wildman–Crippen MR) is 72.6 cm³/mol. The second-order valence-electron chi connectivity index (χ2n) is 4.05. The molecule has 0 aliphatic carbocycles. The lowest BCUT2D eigenvalue weighted by Gasteiger charge is -2.09. The summed E-state index contributed by atoms with van der Waals surface area (Å²) in [5.41, 5.74) is 4.22. The van der Waals surface area contributed by atoms with Gasteiger partial charge in [0.1, 0.15) is 0 Å². The number of pyridine rings is 2. The van der Waals surface area contributed by atoms with Gasteiger partial charge in [0.25, 0.3) is 0 Å². The molecule has 0 atom stereocenters. The van der Waals surface area contributed by atoms with Crippen LogP contribution in [0.4, 0.5) is 0 Å². The molecular formula is C15H13N3. The third kappa shape index (κ3) is 2.15. The van der Waals surface area contributed by atoms with E-state index in [0.717, 1.165) is 29.1 Å². The van der Waals surface area contributed by atoms with Crippen LogP contribution in [0.1, 0.15) is 5.69 Å². The second kappa shape index (κ2) is 4.84. The van der Waals surface area contributed by atoms with E-state index in [0.29, 0.717) is 0 Å². The fraction of sp³-hybridized carbons (Fsp3) is 0.0667. The molecule has 2 aromatic heterocycles. The van der Waals surface area contributed by atoms with Crippen molar-refractivity contribution < 1.29 is 0 Å². The monoisotopic (exact) mass is 235 g/mol. The zero-order valence-electron chi connectivity index (χ0n) is 9.88. The smallest absolute Gasteiger partial charge is 0.0710 e. The van der Waals surface area contributed by atoms with Gasteiger partial charge in [-0.15, -0.1) is 0 Å². The zero-order chi connectivity index (χ0) is 12.2. The van der Waals surface area contributed by atoms with E-state index in [1.165, 1.54) is 0 Å². The minimum atomic E-state index is 0.854. The molecule has 0 fully saturated rings. The van der Waals surface area contributed by atoms with Gasteiger partial charge in [-0.3, -0.25) is 4.98 Å². The lowest BCUT2D eigenvalue weighted by Crippen LogP contribution is -2.08. The van der Waals surface area contributed by atoms with E-state index >= 15 is 0 Å². The first-order chi connectivity index (χ1) is 8.93. The molecule has 3 heterocycles. The number of hydrogen-bond acceptors (Lipinski definition) is 3. The maximum Gasteiger partial charge on any atom is 0.0710 e. The van der Waals surface area contributed by atoms with Crippen molar-refractivity contribution in [1.82, 2.24) is 15.3 Å². The number of aromatic nitrogens is 2. The summed E-state index contributed by atoms with van der Waals surface area (Å²) >= 11 is 0. The van der Waals surface area contributed by atoms with E-state index in [1.54, 1.807) is 12.4 Å². The molecule has 0 bridgehead atoms. The van der Waals surface area contributed by atoms with Crippen molar-refractivity contribution in [3.63, 3.8) is 0 Å². The fourth-order valence-corrected chi connectivity index (χ4v) is 1.92. The van der Waals surface area contributed by atoms with Crippen molar-refractivity contribution in [1.29, 1.82) is 0 Å². The van der Waals surface area contributed by atoms with E-state index in [1.807, 2.05) is 42.6 Å². The van der Waals surface area contributed by atoms with Gasteiger partial charge in [-0.25, -0.2) is 4.98 Å². The Balaban J connectivity index is 1.99. The Kier molecular flexibility index (Phi) is 2.88. The van der Waals surface area contributed by atoms with Crippen LogP contribution in [-0.2, 0) is 0 Å². The van der Waals surface area contributed by atoms with Crippen molar-refractivity contribution in [3.05, 3.63) is 66.8 Å². The maximum atomic E-state index is 4.69. The zero-order valence-corrected chi connectivity index (χ0v) is 9.88. The lowest BCUT2D eigenvalue weighted by atomic mass is 10.1. The van der Waals surface area contributed by atoms with Gasteiger partial charge in [0, 0.05) is 24.5 Å². The Labute approximate surface area is 106 Å². The Hall–Kier alpha value is -2.42. The SMILES string of the molecule is C1=CC(c2cccc(-c3ccncc3)n2)=CCN1. The van der Waals surface area contributed by atoms with Crippen molar-refractivity contribution in [2.45, 2.75) is 0 Å². The van der Waals surface area contributed by atoms with E-state index in [-0.39, 0.29) is 0 Å². The Morgan fingerprint density at radius 1 is 1.00 bits per heavy atom. The topological polar surface area (TPSA) is 37.8 Å². The van der Waals surface area contributed by atoms with Crippen LogP contribution in [0.5, 0.6) is 0 Å². The Bertz CT molecular complexity index is 600. The van der Waals surface area contributed by atoms with Crippen molar-refractivity contribution >= 4 is 5.57 Å². The molecule has 0 aromatic carbocycles. The van der Waals surface area contributed by atoms with Gasteiger partial charge >= 0.3 is 0 Å². The molecule has 18 heavy (non-hydrogen) atoms. The third-order valence-corrected chi connectivity index (χ3v) is 2.84. The van der Waals surface area contributed by atoms with Crippen LogP contribution < -0.4 is 5.32 Å². The highest BCUT2D eigenvalue weighted by Gasteiger charge is 2.04. The molecule has 0 unspecified atom stereocenters. The van der Waals surface area contributed by atoms with Crippen molar-refractivity contribution in [2.75, 3.05) is 6.54 Å². The molecule has 0 saturated heterocycles. The molecule has 3 rings (SSSR count). The number of nitrogens with one attached hydrogen (secondary N) is 1. The Morgan fingerprint density at radius 2 is 1.83 bits per heavy atom. The van der Waals surface area contributed by atoms with E-state index < -0.39 is 0 Å². The predicted octanol–water partition coefficient (Wildman–Crippen LogP) is 2.64. The summed E-state index contributed by atoms with van der Waals surface area (Å²) in [7, 11) is 0. The van der Waals surface area contributed by atoms with Gasteiger partial charge in [0.2, 0.25) is 0 Å². The molecule has 0 spiro atoms. The minimum Gasteiger partial charge on any atom is -0.387 e. The third-order valence-electron chi connectivity index (χ3n) is 2.84. The molecular weight excluding hydrogens is 222 g/mol. The number of hydrogen-bond donors (Lipinski definition) is 1. The number of rotatable bonds is 2. The average Bonchev–Trinajstić information content (AvgIpc) is 2.49. The van der Waals surface area contributed by atoms with Crippen LogP contribution in [0, 0.1) is 0 Å². The summed E-state index contributed by atoms with van der Waals surface area (Å²) in [6.45, 7) is 0.854. The molecule has 88 valence electrons. The first-order valence-corrected chi connectivity index (χ1v) is 5.91. The number of allylic oxidation sites excluding steroid dienone is 2. The summed E-state index contributed by atoms with van der Waals surface area (Å²) in [5, 5.41) is 3.14. The summed E-state index contributed by atoms with van der Waals surface area (Å²) in [4.78, 5) is 8.72. The number of nitrogens with zero attached hydrogens (tertiary/aromatic N) is 2. The van der Waals surface area contributed by atoms with Gasteiger partial charge in [0.15, 0.2) is 0 Å². The molecule has 1 N–H and O–H groups in total. The highest BCUT2D eigenvalue weighted by Crippen LogP contribution is 2.20. The maximum absolute atomic E-state index is 4.69. The largest absolute Gasteiger partial charge is 0.387 e. The average molecular weight is 235 g/mol. The molecule has 0 amide bonds. The van der Waals surface area contributed by atoms with Gasteiger partial charge in [-0.05, 0) is 42.1 Å². The first-order valence-electron chi connectivity index (χ1n) is 5.91. The molecule has 0 radical (unpaired) electrons. The summed E-state index contributed by atoms with van der Waals surface area (Å²) in [6, 6.07) is 10.0. The van der Waals surface area contributed by atoms with Crippen LogP contribution in [-0.4, -0.2) is 16.5 Å². The van der Waals surface area contributed by atoms with Crippen molar-refractivity contribution in [3.8, 4) is 11.3 Å². The van der Waals surface area contributed by atoms with E-state index in [4.69, 9.17) is 4.98 Å². The molecule has 3 nitrogen and oxygen atoms in total. The highest BCUT2D eigenvalue weighted by atomic mass is 14.8. The van der Waals surface area contributed by atoms with E-state index in [2.05, 4.69) is 16.4 Å². The van der Waals surface area contributed by atoms with Crippen LogP contribution in [0.15, 0.2) is 61.1 Å². The van der Waals surface area contributed by atoms with Gasteiger partial charge in [-0.1, -0.05) is 12.1 Å². The molecule has 2 aromatic rings. The molecule has 1 aliphatic heterocycles. The molecule has 3 heteroatoms. The van der Waals surface area contributed by atoms with Crippen LogP contribution >= 0.6 is 0 Å². The van der Waals surface area contributed by atoms with Gasteiger partial charge in [0.05, 0.1) is 11.4 Å².